The van der Waals surface area contributed by atoms with Gasteiger partial charge in [-0.1, -0.05) is 6.92 Å². The summed E-state index contributed by atoms with van der Waals surface area (Å²) in [4.78, 5) is 15.2. The smallest absolute Gasteiger partial charge is 0.233 e. The van der Waals surface area contributed by atoms with Gasteiger partial charge < -0.3 is 14.7 Å². The minimum Gasteiger partial charge on any atom is -0.494 e. The summed E-state index contributed by atoms with van der Waals surface area (Å²) in [6.45, 7) is 5.51. The summed E-state index contributed by atoms with van der Waals surface area (Å²) >= 11 is 1.53. The number of hydrogen-bond donors (Lipinski definition) is 1. The molecule has 0 spiro atoms. The number of ether oxygens (including phenoxy) is 1. The highest BCUT2D eigenvalue weighted by Gasteiger charge is 2.33. The van der Waals surface area contributed by atoms with E-state index in [0.29, 0.717) is 18.3 Å². The molecule has 1 aromatic carbocycles. The van der Waals surface area contributed by atoms with Crippen LogP contribution in [0.4, 0.5) is 0 Å². The predicted octanol–water partition coefficient (Wildman–Crippen LogP) is 2.41. The Kier molecular flexibility index (Phi) is 5.94. The molecular weight excluding hydrogens is 286 g/mol. The number of carbonyl (C=O) groups excluding carboxylic acids is 1. The fraction of sp³-hybridized carbons (Fsp3) is 0.562. The first-order valence-corrected chi connectivity index (χ1v) is 8.40. The van der Waals surface area contributed by atoms with Crippen molar-refractivity contribution in [1.82, 2.24) is 4.90 Å². The highest BCUT2D eigenvalue weighted by Crippen LogP contribution is 2.26. The second-order valence-corrected chi connectivity index (χ2v) is 6.34. The third kappa shape index (κ3) is 4.14. The van der Waals surface area contributed by atoms with Gasteiger partial charge in [0.05, 0.1) is 25.0 Å². The Morgan fingerprint density at radius 1 is 1.43 bits per heavy atom. The molecule has 4 nitrogen and oxygen atoms in total. The van der Waals surface area contributed by atoms with Gasteiger partial charge in [-0.25, -0.2) is 0 Å². The van der Waals surface area contributed by atoms with E-state index in [1.54, 1.807) is 0 Å². The monoisotopic (exact) mass is 309 g/mol. The van der Waals surface area contributed by atoms with E-state index in [-0.39, 0.29) is 18.6 Å². The lowest BCUT2D eigenvalue weighted by Gasteiger charge is -2.25. The van der Waals surface area contributed by atoms with Crippen molar-refractivity contribution in [1.29, 1.82) is 0 Å². The number of nitrogens with zero attached hydrogens (tertiary/aromatic N) is 1. The van der Waals surface area contributed by atoms with Gasteiger partial charge in [-0.3, -0.25) is 4.79 Å². The van der Waals surface area contributed by atoms with Crippen molar-refractivity contribution in [3.8, 4) is 5.75 Å². The van der Waals surface area contributed by atoms with E-state index in [9.17, 15) is 9.90 Å². The van der Waals surface area contributed by atoms with Gasteiger partial charge in [0, 0.05) is 11.4 Å². The standard InChI is InChI=1S/C16H23NO3S/c1-3-20-13-4-6-14(7-5-13)21-11-16(19)17-9-8-12(2)15(17)10-18/h4-7,12,15,18H,3,8-11H2,1-2H3. The van der Waals surface area contributed by atoms with E-state index in [4.69, 9.17) is 4.74 Å². The van der Waals surface area contributed by atoms with Gasteiger partial charge in [-0.05, 0) is 43.5 Å². The van der Waals surface area contributed by atoms with Crippen molar-refractivity contribution < 1.29 is 14.6 Å². The maximum atomic E-state index is 12.3. The van der Waals surface area contributed by atoms with Crippen LogP contribution in [0.15, 0.2) is 29.2 Å². The van der Waals surface area contributed by atoms with Crippen LogP contribution < -0.4 is 4.74 Å². The van der Waals surface area contributed by atoms with Crippen LogP contribution in [-0.2, 0) is 4.79 Å². The molecule has 0 bridgehead atoms. The SMILES string of the molecule is CCOc1ccc(SCC(=O)N2CCC(C)C2CO)cc1. The molecule has 0 aliphatic carbocycles. The number of aliphatic hydroxyl groups is 1. The molecule has 1 fully saturated rings. The second-order valence-electron chi connectivity index (χ2n) is 5.30. The number of likely N-dealkylation sites (tertiary alicyclic amines) is 1. The van der Waals surface area contributed by atoms with Crippen LogP contribution in [-0.4, -0.2) is 47.5 Å². The lowest BCUT2D eigenvalue weighted by atomic mass is 10.0. The number of amides is 1. The maximum absolute atomic E-state index is 12.3. The Bertz CT molecular complexity index is 463. The molecule has 1 aromatic rings. The first-order valence-electron chi connectivity index (χ1n) is 7.41. The first kappa shape index (κ1) is 16.2. The molecule has 1 saturated heterocycles. The third-order valence-electron chi connectivity index (χ3n) is 3.89. The molecule has 0 saturated carbocycles. The molecular formula is C16H23NO3S. The molecule has 1 heterocycles. The van der Waals surface area contributed by atoms with Gasteiger partial charge in [0.1, 0.15) is 5.75 Å². The number of carbonyl (C=O) groups is 1. The van der Waals surface area contributed by atoms with Crippen LogP contribution in [0.1, 0.15) is 20.3 Å². The number of hydrogen-bond acceptors (Lipinski definition) is 4. The van der Waals surface area contributed by atoms with Crippen LogP contribution in [0, 0.1) is 5.92 Å². The Labute approximate surface area is 130 Å². The van der Waals surface area contributed by atoms with Gasteiger partial charge in [0.2, 0.25) is 5.91 Å². The lowest BCUT2D eigenvalue weighted by molar-refractivity contribution is -0.130. The predicted molar refractivity (Wildman–Crippen MR) is 84.7 cm³/mol. The summed E-state index contributed by atoms with van der Waals surface area (Å²) < 4.78 is 5.40. The molecule has 2 atom stereocenters. The van der Waals surface area contributed by atoms with Crippen LogP contribution in [0.2, 0.25) is 0 Å². The van der Waals surface area contributed by atoms with Crippen LogP contribution in [0.3, 0.4) is 0 Å². The number of aliphatic hydroxyl groups excluding tert-OH is 1. The first-order chi connectivity index (χ1) is 10.2. The molecule has 21 heavy (non-hydrogen) atoms. The van der Waals surface area contributed by atoms with E-state index >= 15 is 0 Å². The number of rotatable bonds is 6. The van der Waals surface area contributed by atoms with Gasteiger partial charge in [-0.2, -0.15) is 0 Å². The topological polar surface area (TPSA) is 49.8 Å². The van der Waals surface area contributed by atoms with E-state index in [1.165, 1.54) is 11.8 Å². The molecule has 1 amide bonds. The fourth-order valence-electron chi connectivity index (χ4n) is 2.62. The van der Waals surface area contributed by atoms with Crippen molar-refractivity contribution >= 4 is 17.7 Å². The van der Waals surface area contributed by atoms with Crippen LogP contribution in [0.5, 0.6) is 5.75 Å². The molecule has 2 rings (SSSR count). The Morgan fingerprint density at radius 2 is 2.14 bits per heavy atom. The Morgan fingerprint density at radius 3 is 2.76 bits per heavy atom. The molecule has 5 heteroatoms. The zero-order chi connectivity index (χ0) is 15.2. The van der Waals surface area contributed by atoms with Gasteiger partial charge in [0.25, 0.3) is 0 Å². The average Bonchev–Trinajstić information content (AvgIpc) is 2.87. The molecule has 1 aliphatic rings. The Hall–Kier alpha value is -1.20. The largest absolute Gasteiger partial charge is 0.494 e. The summed E-state index contributed by atoms with van der Waals surface area (Å²) in [5, 5.41) is 9.41. The highest BCUT2D eigenvalue weighted by molar-refractivity contribution is 8.00. The maximum Gasteiger partial charge on any atom is 0.233 e. The van der Waals surface area contributed by atoms with Crippen LogP contribution in [0.25, 0.3) is 0 Å². The summed E-state index contributed by atoms with van der Waals surface area (Å²) in [5.41, 5.74) is 0. The molecule has 1 N–H and O–H groups in total. The minimum atomic E-state index is -0.0153. The highest BCUT2D eigenvalue weighted by atomic mass is 32.2. The Balaban J connectivity index is 1.86. The normalized spacial score (nSPS) is 21.6. The molecule has 1 aliphatic heterocycles. The summed E-state index contributed by atoms with van der Waals surface area (Å²) in [6, 6.07) is 7.77. The average molecular weight is 309 g/mol. The third-order valence-corrected chi connectivity index (χ3v) is 4.88. The van der Waals surface area contributed by atoms with E-state index < -0.39 is 0 Å². The van der Waals surface area contributed by atoms with Crippen molar-refractivity contribution in [2.75, 3.05) is 25.5 Å². The van der Waals surface area contributed by atoms with Crippen molar-refractivity contribution in [3.63, 3.8) is 0 Å². The quantitative estimate of drug-likeness (QED) is 0.820. The van der Waals surface area contributed by atoms with Gasteiger partial charge >= 0.3 is 0 Å². The second kappa shape index (κ2) is 7.71. The van der Waals surface area contributed by atoms with Crippen molar-refractivity contribution in [2.45, 2.75) is 31.2 Å². The molecule has 116 valence electrons. The van der Waals surface area contributed by atoms with E-state index in [1.807, 2.05) is 36.1 Å². The molecule has 0 aromatic heterocycles. The number of benzene rings is 1. The van der Waals surface area contributed by atoms with Crippen molar-refractivity contribution in [2.24, 2.45) is 5.92 Å². The molecule has 0 radical (unpaired) electrons. The lowest BCUT2D eigenvalue weighted by Crippen LogP contribution is -2.40. The summed E-state index contributed by atoms with van der Waals surface area (Å²) in [6.07, 6.45) is 0.977. The van der Waals surface area contributed by atoms with Crippen molar-refractivity contribution in [3.05, 3.63) is 24.3 Å². The van der Waals surface area contributed by atoms with Gasteiger partial charge in [0.15, 0.2) is 0 Å². The zero-order valence-electron chi connectivity index (χ0n) is 12.6. The molecule has 2 unspecified atom stereocenters. The minimum absolute atomic E-state index is 0.0153. The van der Waals surface area contributed by atoms with E-state index in [0.717, 1.165) is 23.6 Å². The fourth-order valence-corrected chi connectivity index (χ4v) is 3.41. The summed E-state index contributed by atoms with van der Waals surface area (Å²) in [7, 11) is 0. The van der Waals surface area contributed by atoms with Crippen LogP contribution >= 0.6 is 11.8 Å². The zero-order valence-corrected chi connectivity index (χ0v) is 13.4. The number of thioether (sulfide) groups is 1. The summed E-state index contributed by atoms with van der Waals surface area (Å²) in [5.74, 6) is 1.76. The van der Waals surface area contributed by atoms with Gasteiger partial charge in [-0.15, -0.1) is 11.8 Å². The van der Waals surface area contributed by atoms with E-state index in [2.05, 4.69) is 6.92 Å².